The van der Waals surface area contributed by atoms with Gasteiger partial charge in [-0.25, -0.2) is 4.98 Å². The Morgan fingerprint density at radius 3 is 2.55 bits per heavy atom. The number of nitrogens with zero attached hydrogens (tertiary/aromatic N) is 2. The molecule has 0 bridgehead atoms. The lowest BCUT2D eigenvalue weighted by Crippen LogP contribution is -2.30. The molecule has 3 nitrogen and oxygen atoms in total. The van der Waals surface area contributed by atoms with Crippen molar-refractivity contribution in [2.75, 3.05) is 18.5 Å². The number of rotatable bonds is 8. The molecule has 1 rings (SSSR count). The van der Waals surface area contributed by atoms with Crippen molar-refractivity contribution < 1.29 is 0 Å². The van der Waals surface area contributed by atoms with E-state index in [-0.39, 0.29) is 0 Å². The predicted octanol–water partition coefficient (Wildman–Crippen LogP) is 3.76. The van der Waals surface area contributed by atoms with Gasteiger partial charge in [-0.3, -0.25) is 0 Å². The van der Waals surface area contributed by atoms with Gasteiger partial charge in [0.25, 0.3) is 0 Å². The van der Waals surface area contributed by atoms with E-state index in [4.69, 9.17) is 0 Å². The third-order valence-electron chi connectivity index (χ3n) is 3.69. The zero-order chi connectivity index (χ0) is 15.1. The highest BCUT2D eigenvalue weighted by Crippen LogP contribution is 2.20. The molecule has 0 aromatic carbocycles. The van der Waals surface area contributed by atoms with Crippen molar-refractivity contribution in [1.29, 1.82) is 0 Å². The fourth-order valence-corrected chi connectivity index (χ4v) is 2.42. The van der Waals surface area contributed by atoms with Crippen LogP contribution in [-0.4, -0.2) is 24.6 Å². The first-order valence-corrected chi connectivity index (χ1v) is 7.84. The molecule has 0 fully saturated rings. The number of aryl methyl sites for hydroxylation is 1. The molecule has 0 radical (unpaired) electrons. The molecule has 3 heteroatoms. The number of hydrogen-bond acceptors (Lipinski definition) is 3. The van der Waals surface area contributed by atoms with Crippen molar-refractivity contribution in [2.45, 2.75) is 60.0 Å². The van der Waals surface area contributed by atoms with E-state index in [2.05, 4.69) is 62.9 Å². The van der Waals surface area contributed by atoms with Gasteiger partial charge < -0.3 is 10.2 Å². The largest absolute Gasteiger partial charge is 0.357 e. The molecule has 1 heterocycles. The molecule has 0 spiro atoms. The summed E-state index contributed by atoms with van der Waals surface area (Å²) in [7, 11) is 2.15. The topological polar surface area (TPSA) is 28.2 Å². The van der Waals surface area contributed by atoms with Crippen LogP contribution in [0.5, 0.6) is 0 Å². The maximum Gasteiger partial charge on any atom is 0.131 e. The minimum absolute atomic E-state index is 0.538. The molecule has 20 heavy (non-hydrogen) atoms. The summed E-state index contributed by atoms with van der Waals surface area (Å²) in [5.41, 5.74) is 2.53. The molecule has 1 aromatic heterocycles. The Kier molecular flexibility index (Phi) is 7.00. The molecule has 1 aromatic rings. The van der Waals surface area contributed by atoms with Crippen molar-refractivity contribution >= 4 is 5.82 Å². The van der Waals surface area contributed by atoms with Crippen LogP contribution in [0, 0.1) is 12.8 Å². The molecular weight excluding hydrogens is 246 g/mol. The van der Waals surface area contributed by atoms with Crippen LogP contribution < -0.4 is 10.2 Å². The molecule has 1 unspecified atom stereocenters. The fourth-order valence-electron chi connectivity index (χ4n) is 2.42. The normalized spacial score (nSPS) is 12.8. The van der Waals surface area contributed by atoms with Gasteiger partial charge in [0.1, 0.15) is 5.82 Å². The average Bonchev–Trinajstić information content (AvgIpc) is 2.38. The Labute approximate surface area is 124 Å². The quantitative estimate of drug-likeness (QED) is 0.784. The van der Waals surface area contributed by atoms with Crippen LogP contribution >= 0.6 is 0 Å². The van der Waals surface area contributed by atoms with E-state index in [1.807, 2.05) is 6.20 Å². The number of pyridine rings is 1. The molecule has 0 saturated heterocycles. The van der Waals surface area contributed by atoms with Crippen molar-refractivity contribution in [3.05, 3.63) is 23.4 Å². The lowest BCUT2D eigenvalue weighted by molar-refractivity contribution is 0.551. The third-order valence-corrected chi connectivity index (χ3v) is 3.69. The molecular formula is C17H31N3. The molecule has 0 aliphatic carbocycles. The predicted molar refractivity (Wildman–Crippen MR) is 88.3 cm³/mol. The van der Waals surface area contributed by atoms with Crippen molar-refractivity contribution in [1.82, 2.24) is 10.3 Å². The highest BCUT2D eigenvalue weighted by molar-refractivity contribution is 5.47. The van der Waals surface area contributed by atoms with E-state index < -0.39 is 0 Å². The van der Waals surface area contributed by atoms with E-state index in [9.17, 15) is 0 Å². The second-order valence-corrected chi connectivity index (χ2v) is 6.26. The second kappa shape index (κ2) is 8.25. The van der Waals surface area contributed by atoms with E-state index in [1.54, 1.807) is 0 Å². The van der Waals surface area contributed by atoms with Gasteiger partial charge in [-0.2, -0.15) is 0 Å². The van der Waals surface area contributed by atoms with Crippen molar-refractivity contribution in [3.8, 4) is 0 Å². The monoisotopic (exact) mass is 277 g/mol. The van der Waals surface area contributed by atoms with Crippen LogP contribution in [0.1, 0.15) is 51.7 Å². The number of hydrogen-bond donors (Lipinski definition) is 1. The van der Waals surface area contributed by atoms with Gasteiger partial charge in [0.15, 0.2) is 0 Å². The highest BCUT2D eigenvalue weighted by atomic mass is 15.2. The summed E-state index contributed by atoms with van der Waals surface area (Å²) in [5.74, 6) is 1.79. The van der Waals surface area contributed by atoms with Gasteiger partial charge in [-0.1, -0.05) is 27.2 Å². The first-order chi connectivity index (χ1) is 9.45. The van der Waals surface area contributed by atoms with Gasteiger partial charge in [0.05, 0.1) is 0 Å². The average molecular weight is 277 g/mol. The zero-order valence-electron chi connectivity index (χ0n) is 14.0. The highest BCUT2D eigenvalue weighted by Gasteiger charge is 2.12. The van der Waals surface area contributed by atoms with Gasteiger partial charge in [0, 0.05) is 25.8 Å². The summed E-state index contributed by atoms with van der Waals surface area (Å²) in [6, 6.07) is 2.79. The molecule has 1 atom stereocenters. The molecule has 114 valence electrons. The Bertz CT molecular complexity index is 401. The Balaban J connectivity index is 2.67. The van der Waals surface area contributed by atoms with Crippen LogP contribution in [0.15, 0.2) is 12.3 Å². The smallest absolute Gasteiger partial charge is 0.131 e. The molecule has 0 saturated carbocycles. The van der Waals surface area contributed by atoms with E-state index in [0.29, 0.717) is 12.0 Å². The molecule has 0 amide bonds. The van der Waals surface area contributed by atoms with Gasteiger partial charge in [-0.05, 0) is 49.9 Å². The molecule has 0 aliphatic heterocycles. The van der Waals surface area contributed by atoms with Crippen LogP contribution in [0.25, 0.3) is 0 Å². The summed E-state index contributed by atoms with van der Waals surface area (Å²) in [4.78, 5) is 6.96. The Morgan fingerprint density at radius 1 is 1.30 bits per heavy atom. The van der Waals surface area contributed by atoms with E-state index in [1.165, 1.54) is 24.0 Å². The summed E-state index contributed by atoms with van der Waals surface area (Å²) < 4.78 is 0. The fraction of sp³-hybridized carbons (Fsp3) is 0.706. The SMILES string of the molecule is CCCC(C)N(C)c1ncc(CNCC(C)C)cc1C. The maximum atomic E-state index is 4.67. The van der Waals surface area contributed by atoms with Crippen molar-refractivity contribution in [3.63, 3.8) is 0 Å². The lowest BCUT2D eigenvalue weighted by Gasteiger charge is -2.27. The minimum atomic E-state index is 0.538. The van der Waals surface area contributed by atoms with Crippen LogP contribution in [0.3, 0.4) is 0 Å². The van der Waals surface area contributed by atoms with E-state index >= 15 is 0 Å². The molecule has 0 aliphatic rings. The third kappa shape index (κ3) is 5.12. The standard InChI is InChI=1S/C17H31N3/c1-7-8-15(5)20(6)17-14(4)9-16(12-19-17)11-18-10-13(2)3/h9,12-13,15,18H,7-8,10-11H2,1-6H3. The Morgan fingerprint density at radius 2 is 2.00 bits per heavy atom. The number of aromatic nitrogens is 1. The zero-order valence-corrected chi connectivity index (χ0v) is 14.0. The van der Waals surface area contributed by atoms with Crippen molar-refractivity contribution in [2.24, 2.45) is 5.92 Å². The first-order valence-electron chi connectivity index (χ1n) is 7.84. The van der Waals surface area contributed by atoms with Crippen LogP contribution in [0.2, 0.25) is 0 Å². The van der Waals surface area contributed by atoms with Gasteiger partial charge in [0.2, 0.25) is 0 Å². The van der Waals surface area contributed by atoms with Crippen LogP contribution in [0.4, 0.5) is 5.82 Å². The number of anilines is 1. The van der Waals surface area contributed by atoms with E-state index in [0.717, 1.165) is 18.9 Å². The second-order valence-electron chi connectivity index (χ2n) is 6.26. The minimum Gasteiger partial charge on any atom is -0.357 e. The van der Waals surface area contributed by atoms with Crippen LogP contribution in [-0.2, 0) is 6.54 Å². The maximum absolute atomic E-state index is 4.67. The summed E-state index contributed by atoms with van der Waals surface area (Å²) in [6.45, 7) is 13.1. The first kappa shape index (κ1) is 17.0. The van der Waals surface area contributed by atoms with Gasteiger partial charge in [-0.15, -0.1) is 0 Å². The summed E-state index contributed by atoms with van der Waals surface area (Å²) >= 11 is 0. The summed E-state index contributed by atoms with van der Waals surface area (Å²) in [5, 5.41) is 3.47. The molecule has 1 N–H and O–H groups in total. The Hall–Kier alpha value is -1.09. The lowest BCUT2D eigenvalue weighted by atomic mass is 10.1. The summed E-state index contributed by atoms with van der Waals surface area (Å²) in [6.07, 6.45) is 4.42. The van der Waals surface area contributed by atoms with Gasteiger partial charge >= 0.3 is 0 Å². The number of nitrogens with one attached hydrogen (secondary N) is 1.